The number of allylic oxidation sites excluding steroid dienone is 1. The van der Waals surface area contributed by atoms with Crippen LogP contribution in [0.2, 0.25) is 0 Å². The SMILES string of the molecule is C=CC(=O)Cc1cccc(-c2ccc(C(N)=O)c3[nH]c(CC)cc23)c1. The Labute approximate surface area is 146 Å². The van der Waals surface area contributed by atoms with Crippen molar-refractivity contribution in [3.8, 4) is 11.1 Å². The zero-order valence-corrected chi connectivity index (χ0v) is 14.1. The number of amides is 1. The molecule has 0 aliphatic heterocycles. The summed E-state index contributed by atoms with van der Waals surface area (Å²) in [6.07, 6.45) is 2.50. The number of benzene rings is 2. The number of hydrogen-bond acceptors (Lipinski definition) is 2. The van der Waals surface area contributed by atoms with Crippen LogP contribution < -0.4 is 5.73 Å². The molecule has 4 nitrogen and oxygen atoms in total. The Hall–Kier alpha value is -3.14. The molecule has 3 N–H and O–H groups in total. The Morgan fingerprint density at radius 1 is 1.20 bits per heavy atom. The van der Waals surface area contributed by atoms with Crippen molar-refractivity contribution in [3.63, 3.8) is 0 Å². The van der Waals surface area contributed by atoms with Gasteiger partial charge >= 0.3 is 0 Å². The zero-order valence-electron chi connectivity index (χ0n) is 14.1. The second-order valence-electron chi connectivity index (χ2n) is 6.01. The van der Waals surface area contributed by atoms with E-state index in [4.69, 9.17) is 5.73 Å². The summed E-state index contributed by atoms with van der Waals surface area (Å²) >= 11 is 0. The molecular weight excluding hydrogens is 312 g/mol. The van der Waals surface area contributed by atoms with Gasteiger partial charge < -0.3 is 10.7 Å². The number of primary amides is 1. The number of nitrogens with one attached hydrogen (secondary N) is 1. The molecule has 3 aromatic rings. The lowest BCUT2D eigenvalue weighted by molar-refractivity contribution is -0.114. The van der Waals surface area contributed by atoms with E-state index in [0.717, 1.165) is 39.7 Å². The lowest BCUT2D eigenvalue weighted by Crippen LogP contribution is -2.11. The fraction of sp³-hybridized carbons (Fsp3) is 0.143. The largest absolute Gasteiger partial charge is 0.366 e. The fourth-order valence-electron chi connectivity index (χ4n) is 3.04. The molecule has 4 heteroatoms. The normalized spacial score (nSPS) is 10.8. The van der Waals surface area contributed by atoms with Crippen LogP contribution in [-0.2, 0) is 17.6 Å². The van der Waals surface area contributed by atoms with E-state index in [2.05, 4.69) is 24.6 Å². The molecule has 25 heavy (non-hydrogen) atoms. The van der Waals surface area contributed by atoms with Crippen LogP contribution in [0.5, 0.6) is 0 Å². The van der Waals surface area contributed by atoms with E-state index in [1.54, 1.807) is 6.07 Å². The van der Waals surface area contributed by atoms with E-state index in [-0.39, 0.29) is 5.78 Å². The quantitative estimate of drug-likeness (QED) is 0.674. The van der Waals surface area contributed by atoms with E-state index in [1.807, 2.05) is 30.3 Å². The number of nitrogens with two attached hydrogens (primary N) is 1. The Balaban J connectivity index is 2.16. The second kappa shape index (κ2) is 6.77. The van der Waals surface area contributed by atoms with Crippen molar-refractivity contribution in [2.24, 2.45) is 5.73 Å². The van der Waals surface area contributed by atoms with Crippen molar-refractivity contribution < 1.29 is 9.59 Å². The predicted molar refractivity (Wildman–Crippen MR) is 101 cm³/mol. The van der Waals surface area contributed by atoms with Crippen LogP contribution in [-0.4, -0.2) is 16.7 Å². The van der Waals surface area contributed by atoms with Gasteiger partial charge in [-0.2, -0.15) is 0 Å². The van der Waals surface area contributed by atoms with Crippen molar-refractivity contribution in [2.45, 2.75) is 19.8 Å². The molecule has 0 aliphatic carbocycles. The van der Waals surface area contributed by atoms with Gasteiger partial charge in [-0.25, -0.2) is 0 Å². The highest BCUT2D eigenvalue weighted by atomic mass is 16.1. The Kier molecular flexibility index (Phi) is 4.52. The van der Waals surface area contributed by atoms with Gasteiger partial charge in [0.2, 0.25) is 0 Å². The smallest absolute Gasteiger partial charge is 0.250 e. The van der Waals surface area contributed by atoms with Gasteiger partial charge in [0.15, 0.2) is 5.78 Å². The van der Waals surface area contributed by atoms with E-state index in [0.29, 0.717) is 12.0 Å². The number of aromatic nitrogens is 1. The summed E-state index contributed by atoms with van der Waals surface area (Å²) < 4.78 is 0. The zero-order chi connectivity index (χ0) is 18.0. The maximum Gasteiger partial charge on any atom is 0.250 e. The van der Waals surface area contributed by atoms with Crippen molar-refractivity contribution >= 4 is 22.6 Å². The third kappa shape index (κ3) is 3.24. The number of aryl methyl sites for hydroxylation is 1. The molecule has 0 aliphatic rings. The average Bonchev–Trinajstić information content (AvgIpc) is 3.05. The number of carbonyl (C=O) groups excluding carboxylic acids is 2. The highest BCUT2D eigenvalue weighted by molar-refractivity contribution is 6.09. The highest BCUT2D eigenvalue weighted by Crippen LogP contribution is 2.32. The number of hydrogen-bond donors (Lipinski definition) is 2. The molecule has 0 saturated heterocycles. The summed E-state index contributed by atoms with van der Waals surface area (Å²) in [5, 5.41) is 0.959. The van der Waals surface area contributed by atoms with Crippen LogP contribution in [0.15, 0.2) is 55.1 Å². The van der Waals surface area contributed by atoms with E-state index in [1.165, 1.54) is 6.08 Å². The minimum Gasteiger partial charge on any atom is -0.366 e. The van der Waals surface area contributed by atoms with E-state index < -0.39 is 5.91 Å². The van der Waals surface area contributed by atoms with Crippen LogP contribution in [0.25, 0.3) is 22.0 Å². The first kappa shape index (κ1) is 16.7. The summed E-state index contributed by atoms with van der Waals surface area (Å²) in [5.41, 5.74) is 10.7. The summed E-state index contributed by atoms with van der Waals surface area (Å²) in [5.74, 6) is -0.465. The van der Waals surface area contributed by atoms with Crippen molar-refractivity contribution in [1.82, 2.24) is 4.98 Å². The molecule has 1 amide bonds. The van der Waals surface area contributed by atoms with Gasteiger partial charge in [-0.1, -0.05) is 43.8 Å². The lowest BCUT2D eigenvalue weighted by atomic mass is 9.96. The molecule has 0 unspecified atom stereocenters. The Bertz CT molecular complexity index is 983. The molecule has 126 valence electrons. The van der Waals surface area contributed by atoms with Crippen molar-refractivity contribution in [2.75, 3.05) is 0 Å². The number of H-pyrrole nitrogens is 1. The third-order valence-corrected chi connectivity index (χ3v) is 4.34. The second-order valence-corrected chi connectivity index (χ2v) is 6.01. The fourth-order valence-corrected chi connectivity index (χ4v) is 3.04. The van der Waals surface area contributed by atoms with Crippen LogP contribution in [0, 0.1) is 0 Å². The van der Waals surface area contributed by atoms with E-state index in [9.17, 15) is 9.59 Å². The minimum absolute atomic E-state index is 0.0127. The Morgan fingerprint density at radius 3 is 2.68 bits per heavy atom. The van der Waals surface area contributed by atoms with Crippen LogP contribution in [0.3, 0.4) is 0 Å². The number of rotatable bonds is 6. The topological polar surface area (TPSA) is 76.0 Å². The van der Waals surface area contributed by atoms with Gasteiger partial charge in [0.05, 0.1) is 11.1 Å². The van der Waals surface area contributed by atoms with Gasteiger partial charge in [-0.15, -0.1) is 0 Å². The van der Waals surface area contributed by atoms with Gasteiger partial charge in [0.25, 0.3) is 5.91 Å². The number of carbonyl (C=O) groups is 2. The molecule has 0 radical (unpaired) electrons. The van der Waals surface area contributed by atoms with Gasteiger partial charge in [-0.05, 0) is 41.3 Å². The summed E-state index contributed by atoms with van der Waals surface area (Å²) in [7, 11) is 0. The lowest BCUT2D eigenvalue weighted by Gasteiger charge is -2.08. The first-order valence-corrected chi connectivity index (χ1v) is 8.22. The van der Waals surface area contributed by atoms with E-state index >= 15 is 0 Å². The standard InChI is InChI=1S/C21H20N2O2/c1-3-15-12-19-17(8-9-18(21(22)25)20(19)23-15)14-7-5-6-13(10-14)11-16(24)4-2/h4-10,12,23H,2-3,11H2,1H3,(H2,22,25). The number of ketones is 1. The third-order valence-electron chi connectivity index (χ3n) is 4.34. The first-order valence-electron chi connectivity index (χ1n) is 8.22. The van der Waals surface area contributed by atoms with Gasteiger partial charge in [0.1, 0.15) is 0 Å². The van der Waals surface area contributed by atoms with Crippen molar-refractivity contribution in [3.05, 3.63) is 71.9 Å². The molecular formula is C21H20N2O2. The Morgan fingerprint density at radius 2 is 2.00 bits per heavy atom. The van der Waals surface area contributed by atoms with Crippen LogP contribution in [0.1, 0.15) is 28.5 Å². The maximum absolute atomic E-state index is 11.7. The van der Waals surface area contributed by atoms with Crippen molar-refractivity contribution in [1.29, 1.82) is 0 Å². The molecule has 3 rings (SSSR count). The minimum atomic E-state index is -0.452. The van der Waals surface area contributed by atoms with Crippen LogP contribution >= 0.6 is 0 Å². The predicted octanol–water partition coefficient (Wildman–Crippen LogP) is 3.79. The van der Waals surface area contributed by atoms with Crippen LogP contribution in [0.4, 0.5) is 0 Å². The average molecular weight is 332 g/mol. The summed E-state index contributed by atoms with van der Waals surface area (Å²) in [6.45, 7) is 5.57. The monoisotopic (exact) mass is 332 g/mol. The molecule has 0 saturated carbocycles. The molecule has 0 atom stereocenters. The molecule has 1 aromatic heterocycles. The summed E-state index contributed by atoms with van der Waals surface area (Å²) in [6, 6.07) is 13.6. The molecule has 2 aromatic carbocycles. The molecule has 0 spiro atoms. The maximum atomic E-state index is 11.7. The molecule has 0 fully saturated rings. The number of fused-ring (bicyclic) bond motifs is 1. The summed E-state index contributed by atoms with van der Waals surface area (Å²) in [4.78, 5) is 26.6. The molecule has 1 heterocycles. The first-order chi connectivity index (χ1) is 12.0. The highest BCUT2D eigenvalue weighted by Gasteiger charge is 2.14. The van der Waals surface area contributed by atoms with Gasteiger partial charge in [-0.3, -0.25) is 9.59 Å². The van der Waals surface area contributed by atoms with Gasteiger partial charge in [0, 0.05) is 17.5 Å². The number of aromatic amines is 1. The molecule has 0 bridgehead atoms.